The molecule has 0 unspecified atom stereocenters. The largest absolute Gasteiger partial charge is 0.478 e. The van der Waals surface area contributed by atoms with Crippen molar-refractivity contribution in [2.45, 2.75) is 37.5 Å². The van der Waals surface area contributed by atoms with E-state index in [9.17, 15) is 18.3 Å². The lowest BCUT2D eigenvalue weighted by molar-refractivity contribution is 0.0696. The van der Waals surface area contributed by atoms with Gasteiger partial charge in [-0.25, -0.2) is 13.2 Å². The first kappa shape index (κ1) is 21.8. The Labute approximate surface area is 185 Å². The topological polar surface area (TPSA) is 141 Å². The van der Waals surface area contributed by atoms with Gasteiger partial charge in [0.1, 0.15) is 0 Å². The van der Waals surface area contributed by atoms with Gasteiger partial charge in [0.2, 0.25) is 5.82 Å². The predicted molar refractivity (Wildman–Crippen MR) is 119 cm³/mol. The van der Waals surface area contributed by atoms with E-state index in [0.29, 0.717) is 29.1 Å². The van der Waals surface area contributed by atoms with Crippen LogP contribution in [0.1, 0.15) is 42.1 Å². The van der Waals surface area contributed by atoms with E-state index in [1.54, 1.807) is 12.1 Å². The molecule has 3 N–H and O–H groups in total. The summed E-state index contributed by atoms with van der Waals surface area (Å²) in [5, 5.41) is 23.3. The van der Waals surface area contributed by atoms with Crippen molar-refractivity contribution in [2.24, 2.45) is 0 Å². The second-order valence-electron chi connectivity index (χ2n) is 7.60. The molecule has 0 spiro atoms. The summed E-state index contributed by atoms with van der Waals surface area (Å²) < 4.78 is 29.5. The Balaban J connectivity index is 1.78. The second kappa shape index (κ2) is 8.95. The third-order valence-electron chi connectivity index (χ3n) is 5.53. The van der Waals surface area contributed by atoms with Crippen LogP contribution in [0.3, 0.4) is 0 Å². The maximum absolute atomic E-state index is 13.4. The van der Waals surface area contributed by atoms with Crippen molar-refractivity contribution in [3.63, 3.8) is 0 Å². The van der Waals surface area contributed by atoms with Gasteiger partial charge in [-0.2, -0.15) is 5.21 Å². The van der Waals surface area contributed by atoms with Crippen LogP contribution in [-0.4, -0.2) is 53.2 Å². The zero-order valence-corrected chi connectivity index (χ0v) is 18.4. The normalized spacial score (nSPS) is 14.3. The molecule has 1 aromatic heterocycles. The van der Waals surface area contributed by atoms with Gasteiger partial charge in [-0.05, 0) is 66.8 Å². The summed E-state index contributed by atoms with van der Waals surface area (Å²) in [6, 6.07) is 9.51. The molecule has 0 amide bonds. The molecule has 3 aromatic rings. The van der Waals surface area contributed by atoms with Crippen molar-refractivity contribution in [1.82, 2.24) is 20.6 Å². The van der Waals surface area contributed by atoms with E-state index in [0.717, 1.165) is 38.0 Å². The predicted octanol–water partition coefficient (Wildman–Crippen LogP) is 2.92. The van der Waals surface area contributed by atoms with E-state index in [1.165, 1.54) is 12.1 Å². The molecule has 0 saturated carbocycles. The molecule has 32 heavy (non-hydrogen) atoms. The molecule has 2 aromatic carbocycles. The Morgan fingerprint density at radius 2 is 1.94 bits per heavy atom. The van der Waals surface area contributed by atoms with Gasteiger partial charge in [-0.1, -0.05) is 13.0 Å². The van der Waals surface area contributed by atoms with Gasteiger partial charge in [0.15, 0.2) is 0 Å². The van der Waals surface area contributed by atoms with Gasteiger partial charge in [0, 0.05) is 18.7 Å². The van der Waals surface area contributed by atoms with Crippen molar-refractivity contribution >= 4 is 27.4 Å². The van der Waals surface area contributed by atoms with Crippen LogP contribution in [0.25, 0.3) is 11.4 Å². The number of piperidine rings is 1. The van der Waals surface area contributed by atoms with Crippen LogP contribution >= 0.6 is 0 Å². The highest BCUT2D eigenvalue weighted by molar-refractivity contribution is 7.92. The number of hydrogen-bond donors (Lipinski definition) is 3. The minimum Gasteiger partial charge on any atom is -0.478 e. The first-order chi connectivity index (χ1) is 15.4. The Morgan fingerprint density at radius 3 is 2.59 bits per heavy atom. The van der Waals surface area contributed by atoms with E-state index in [4.69, 9.17) is 0 Å². The molecule has 1 fully saturated rings. The lowest BCUT2D eigenvalue weighted by Crippen LogP contribution is -2.30. The molecular weight excluding hydrogens is 432 g/mol. The minimum absolute atomic E-state index is 0.0468. The number of hydrogen-bond acceptors (Lipinski definition) is 7. The molecule has 0 bridgehead atoms. The molecule has 0 atom stereocenters. The second-order valence-corrected chi connectivity index (χ2v) is 9.25. The fourth-order valence-corrected chi connectivity index (χ4v) is 5.28. The quantitative estimate of drug-likeness (QED) is 0.493. The van der Waals surface area contributed by atoms with Crippen molar-refractivity contribution in [1.29, 1.82) is 0 Å². The van der Waals surface area contributed by atoms with Gasteiger partial charge < -0.3 is 10.0 Å². The third kappa shape index (κ3) is 4.42. The van der Waals surface area contributed by atoms with Crippen LogP contribution in [0.4, 0.5) is 11.4 Å². The number of carbonyl (C=O) groups is 1. The number of carboxylic acid groups (broad SMARTS) is 1. The standard InChI is InChI=1S/C21H24N6O4S/c1-2-14-6-7-16(21(28)29)13-19(14)32(30,31)24-17-12-15(20-22-25-26-23-20)8-9-18(17)27-10-4-3-5-11-27/h6-9,12-13,24H,2-5,10-11H2,1H3,(H,28,29)(H,22,23,25,26). The van der Waals surface area contributed by atoms with E-state index in [2.05, 4.69) is 30.2 Å². The number of anilines is 2. The Kier molecular flexibility index (Phi) is 6.08. The van der Waals surface area contributed by atoms with Crippen LogP contribution in [0.5, 0.6) is 0 Å². The summed E-state index contributed by atoms with van der Waals surface area (Å²) in [6.07, 6.45) is 3.64. The number of nitrogens with zero attached hydrogens (tertiary/aromatic N) is 4. The van der Waals surface area contributed by atoms with Gasteiger partial charge in [-0.3, -0.25) is 4.72 Å². The summed E-state index contributed by atoms with van der Waals surface area (Å²) in [4.78, 5) is 13.5. The lowest BCUT2D eigenvalue weighted by atomic mass is 10.1. The molecule has 0 radical (unpaired) electrons. The van der Waals surface area contributed by atoms with Crippen molar-refractivity contribution in [3.05, 3.63) is 47.5 Å². The summed E-state index contributed by atoms with van der Waals surface area (Å²) in [5.41, 5.74) is 2.20. The average molecular weight is 457 g/mol. The molecule has 2 heterocycles. The number of aromatic carboxylic acids is 1. The molecule has 1 saturated heterocycles. The number of aromatic amines is 1. The third-order valence-corrected chi connectivity index (χ3v) is 6.97. The molecule has 168 valence electrons. The fraction of sp³-hybridized carbons (Fsp3) is 0.333. The van der Waals surface area contributed by atoms with Gasteiger partial charge >= 0.3 is 5.97 Å². The summed E-state index contributed by atoms with van der Waals surface area (Å²) in [5.74, 6) is -0.838. The number of nitrogens with one attached hydrogen (secondary N) is 2. The number of aromatic nitrogens is 4. The van der Waals surface area contributed by atoms with Gasteiger partial charge in [0.05, 0.1) is 21.8 Å². The van der Waals surface area contributed by atoms with E-state index in [1.807, 2.05) is 19.1 Å². The van der Waals surface area contributed by atoms with Crippen LogP contribution in [-0.2, 0) is 16.4 Å². The highest BCUT2D eigenvalue weighted by atomic mass is 32.2. The Bertz CT molecular complexity index is 1220. The van der Waals surface area contributed by atoms with Gasteiger partial charge in [0.25, 0.3) is 10.0 Å². The molecule has 1 aliphatic heterocycles. The zero-order valence-electron chi connectivity index (χ0n) is 17.6. The number of sulfonamides is 1. The molecule has 10 nitrogen and oxygen atoms in total. The van der Waals surface area contributed by atoms with Crippen LogP contribution < -0.4 is 9.62 Å². The summed E-state index contributed by atoms with van der Waals surface area (Å²) >= 11 is 0. The number of tetrazole rings is 1. The highest BCUT2D eigenvalue weighted by Crippen LogP contribution is 2.34. The number of H-pyrrole nitrogens is 1. The van der Waals surface area contributed by atoms with E-state index in [-0.39, 0.29) is 10.5 Å². The summed E-state index contributed by atoms with van der Waals surface area (Å²) in [7, 11) is -4.06. The number of aryl methyl sites for hydroxylation is 1. The zero-order chi connectivity index (χ0) is 22.7. The molecular formula is C21H24N6O4S. The molecule has 4 rings (SSSR count). The number of carboxylic acids is 1. The van der Waals surface area contributed by atoms with Crippen LogP contribution in [0, 0.1) is 0 Å². The number of rotatable bonds is 7. The van der Waals surface area contributed by atoms with Crippen molar-refractivity contribution < 1.29 is 18.3 Å². The van der Waals surface area contributed by atoms with Crippen LogP contribution in [0.15, 0.2) is 41.3 Å². The highest BCUT2D eigenvalue weighted by Gasteiger charge is 2.24. The minimum atomic E-state index is -4.06. The monoisotopic (exact) mass is 456 g/mol. The van der Waals surface area contributed by atoms with Crippen molar-refractivity contribution in [3.8, 4) is 11.4 Å². The SMILES string of the molecule is CCc1ccc(C(=O)O)cc1S(=O)(=O)Nc1cc(-c2nn[nH]n2)ccc1N1CCCCC1. The van der Waals surface area contributed by atoms with E-state index < -0.39 is 16.0 Å². The van der Waals surface area contributed by atoms with E-state index >= 15 is 0 Å². The lowest BCUT2D eigenvalue weighted by Gasteiger charge is -2.31. The van der Waals surface area contributed by atoms with Crippen molar-refractivity contribution in [2.75, 3.05) is 22.7 Å². The van der Waals surface area contributed by atoms with Crippen LogP contribution in [0.2, 0.25) is 0 Å². The first-order valence-corrected chi connectivity index (χ1v) is 11.9. The maximum Gasteiger partial charge on any atom is 0.335 e. The molecule has 0 aliphatic carbocycles. The summed E-state index contributed by atoms with van der Waals surface area (Å²) in [6.45, 7) is 3.47. The molecule has 1 aliphatic rings. The smallest absolute Gasteiger partial charge is 0.335 e. The average Bonchev–Trinajstić information content (AvgIpc) is 3.34. The Hall–Kier alpha value is -3.47. The Morgan fingerprint density at radius 1 is 1.16 bits per heavy atom. The molecule has 11 heteroatoms. The van der Waals surface area contributed by atoms with Gasteiger partial charge in [-0.15, -0.1) is 10.2 Å². The maximum atomic E-state index is 13.4. The number of benzene rings is 2. The first-order valence-electron chi connectivity index (χ1n) is 10.4. The fourth-order valence-electron chi connectivity index (χ4n) is 3.88.